The van der Waals surface area contributed by atoms with Gasteiger partial charge in [-0.15, -0.1) is 0 Å². The zero-order chi connectivity index (χ0) is 19.9. The molecule has 2 aromatic heterocycles. The van der Waals surface area contributed by atoms with Crippen molar-refractivity contribution in [2.24, 2.45) is 5.73 Å². The van der Waals surface area contributed by atoms with Gasteiger partial charge in [0.15, 0.2) is 11.5 Å². The molecule has 0 saturated carbocycles. The van der Waals surface area contributed by atoms with Crippen LogP contribution < -0.4 is 11.5 Å². The molecule has 1 aliphatic heterocycles. The van der Waals surface area contributed by atoms with Crippen LogP contribution in [0, 0.1) is 0 Å². The first kappa shape index (κ1) is 19.6. The number of imidazole rings is 1. The van der Waals surface area contributed by atoms with E-state index in [2.05, 4.69) is 15.0 Å². The average Bonchev–Trinajstić information content (AvgIpc) is 3.15. The van der Waals surface area contributed by atoms with Gasteiger partial charge in [0, 0.05) is 6.42 Å². The minimum absolute atomic E-state index is 0.0986. The molecule has 27 heavy (non-hydrogen) atoms. The van der Waals surface area contributed by atoms with Crippen molar-refractivity contribution in [3.8, 4) is 0 Å². The third kappa shape index (κ3) is 3.78. The van der Waals surface area contributed by atoms with Gasteiger partial charge in [-0.1, -0.05) is 0 Å². The second-order valence-electron chi connectivity index (χ2n) is 6.24. The largest absolute Gasteiger partial charge is 0.432 e. The number of hydrogen-bond acceptors (Lipinski definition) is 9. The van der Waals surface area contributed by atoms with E-state index in [0.717, 1.165) is 0 Å². The quantitative estimate of drug-likeness (QED) is 0.358. The van der Waals surface area contributed by atoms with E-state index < -0.39 is 44.7 Å². The molecule has 13 nitrogen and oxygen atoms in total. The molecule has 7 N–H and O–H groups in total. The molecule has 148 valence electrons. The molecular weight excluding hydrogens is 381 g/mol. The van der Waals surface area contributed by atoms with Gasteiger partial charge < -0.3 is 31.1 Å². The summed E-state index contributed by atoms with van der Waals surface area (Å²) in [4.78, 5) is 43.0. The summed E-state index contributed by atoms with van der Waals surface area (Å²) in [6.07, 6.45) is -0.0582. The molecule has 14 heteroatoms. The highest BCUT2D eigenvalue weighted by Gasteiger charge is 2.42. The number of hydrogen-bond donors (Lipinski definition) is 5. The Labute approximate surface area is 153 Å². The molecule has 0 spiro atoms. The van der Waals surface area contributed by atoms with Crippen LogP contribution in [0.1, 0.15) is 19.6 Å². The Hall–Kier alpha value is -2.15. The van der Waals surface area contributed by atoms with Crippen molar-refractivity contribution < 1.29 is 29.0 Å². The number of aliphatic hydroxyl groups is 1. The lowest BCUT2D eigenvalue weighted by molar-refractivity contribution is -0.130. The molecule has 1 amide bonds. The Morgan fingerprint density at radius 2 is 2.19 bits per heavy atom. The van der Waals surface area contributed by atoms with Gasteiger partial charge in [0.25, 0.3) is 0 Å². The van der Waals surface area contributed by atoms with Gasteiger partial charge in [-0.25, -0.2) is 24.2 Å². The molecule has 3 heterocycles. The normalized spacial score (nSPS) is 24.3. The number of nitrogens with zero attached hydrogens (tertiary/aromatic N) is 5. The highest BCUT2D eigenvalue weighted by Crippen LogP contribution is 2.42. The van der Waals surface area contributed by atoms with Crippen molar-refractivity contribution in [2.75, 3.05) is 12.3 Å². The summed E-state index contributed by atoms with van der Waals surface area (Å²) in [5.74, 6) is -0.764. The molecule has 2 aromatic rings. The highest BCUT2D eigenvalue weighted by molar-refractivity contribution is 7.49. The first-order valence-corrected chi connectivity index (χ1v) is 9.55. The number of ether oxygens (including phenoxy) is 1. The number of anilines is 1. The van der Waals surface area contributed by atoms with Gasteiger partial charge in [-0.2, -0.15) is 0 Å². The van der Waals surface area contributed by atoms with Crippen LogP contribution in [0.3, 0.4) is 0 Å². The second kappa shape index (κ2) is 7.11. The van der Waals surface area contributed by atoms with Crippen LogP contribution in [0.4, 0.5) is 5.82 Å². The maximum Gasteiger partial charge on any atom is 0.432 e. The predicted molar refractivity (Wildman–Crippen MR) is 91.7 cm³/mol. The van der Waals surface area contributed by atoms with Crippen molar-refractivity contribution in [2.45, 2.75) is 37.8 Å². The number of aliphatic hydroxyl groups excluding tert-OH is 1. The Morgan fingerprint density at radius 1 is 1.48 bits per heavy atom. The number of carbonyl (C=O) groups excluding carboxylic acids is 1. The molecule has 1 aliphatic rings. The molecule has 1 saturated heterocycles. The third-order valence-electron chi connectivity index (χ3n) is 4.21. The van der Waals surface area contributed by atoms with Crippen molar-refractivity contribution in [1.82, 2.24) is 24.2 Å². The van der Waals surface area contributed by atoms with Crippen molar-refractivity contribution in [1.29, 1.82) is 0 Å². The molecule has 4 atom stereocenters. The van der Waals surface area contributed by atoms with Gasteiger partial charge in [0.05, 0.1) is 25.0 Å². The first-order valence-electron chi connectivity index (χ1n) is 7.99. The SMILES string of the molecule is C[C@H](N)C(=O)N(C[C@H]1O[C@@H](n2cnc3c(N)ncnc32)CC1O)P(=O)(O)O. The van der Waals surface area contributed by atoms with Crippen LogP contribution in [-0.4, -0.2) is 69.8 Å². The Bertz CT molecular complexity index is 898. The van der Waals surface area contributed by atoms with E-state index in [9.17, 15) is 24.3 Å². The fourth-order valence-corrected chi connectivity index (χ4v) is 3.67. The molecule has 0 bridgehead atoms. The van der Waals surface area contributed by atoms with E-state index in [-0.39, 0.29) is 12.2 Å². The van der Waals surface area contributed by atoms with E-state index >= 15 is 0 Å². The van der Waals surface area contributed by atoms with E-state index in [1.165, 1.54) is 24.1 Å². The van der Waals surface area contributed by atoms with Crippen LogP contribution in [0.15, 0.2) is 12.7 Å². The summed E-state index contributed by atoms with van der Waals surface area (Å²) < 4.78 is 19.2. The lowest BCUT2D eigenvalue weighted by Gasteiger charge is -2.28. The number of aromatic nitrogens is 4. The molecule has 0 radical (unpaired) electrons. The molecular formula is C13H20N7O6P. The smallest absolute Gasteiger partial charge is 0.390 e. The Balaban J connectivity index is 1.82. The number of rotatable bonds is 5. The van der Waals surface area contributed by atoms with Crippen molar-refractivity contribution in [3.63, 3.8) is 0 Å². The van der Waals surface area contributed by atoms with Gasteiger partial charge in [0.1, 0.15) is 24.2 Å². The van der Waals surface area contributed by atoms with Crippen LogP contribution in [0.2, 0.25) is 0 Å². The molecule has 3 rings (SSSR count). The van der Waals surface area contributed by atoms with E-state index in [1.54, 1.807) is 0 Å². The van der Waals surface area contributed by atoms with E-state index in [1.807, 2.05) is 0 Å². The number of carbonyl (C=O) groups is 1. The predicted octanol–water partition coefficient (Wildman–Crippen LogP) is -1.67. The van der Waals surface area contributed by atoms with Crippen molar-refractivity contribution in [3.05, 3.63) is 12.7 Å². The topological polar surface area (TPSA) is 203 Å². The van der Waals surface area contributed by atoms with E-state index in [0.29, 0.717) is 15.8 Å². The standard InChI is InChI=1S/C13H20N7O6P/c1-6(14)13(22)20(27(23,24)25)3-8-7(21)2-9(26-8)19-5-18-10-11(15)16-4-17-12(10)19/h4-9,21H,2-3,14H2,1H3,(H2,15,16,17)(H2,23,24,25)/t6-,7?,8+,9+/m0/s1. The summed E-state index contributed by atoms with van der Waals surface area (Å²) >= 11 is 0. The highest BCUT2D eigenvalue weighted by atomic mass is 31.2. The molecule has 0 aromatic carbocycles. The first-order chi connectivity index (χ1) is 12.6. The van der Waals surface area contributed by atoms with Gasteiger partial charge in [-0.05, 0) is 6.92 Å². The van der Waals surface area contributed by atoms with Crippen LogP contribution in [-0.2, 0) is 14.1 Å². The molecule has 1 unspecified atom stereocenters. The number of nitrogen functional groups attached to an aromatic ring is 1. The van der Waals surface area contributed by atoms with Crippen LogP contribution in [0.5, 0.6) is 0 Å². The van der Waals surface area contributed by atoms with Gasteiger partial charge in [-0.3, -0.25) is 9.36 Å². The summed E-state index contributed by atoms with van der Waals surface area (Å²) in [5, 5.41) is 10.3. The van der Waals surface area contributed by atoms with E-state index in [4.69, 9.17) is 16.2 Å². The number of nitrogens with two attached hydrogens (primary N) is 2. The fourth-order valence-electron chi connectivity index (χ4n) is 2.86. The molecule has 1 fully saturated rings. The maximum atomic E-state index is 12.0. The second-order valence-corrected chi connectivity index (χ2v) is 7.75. The zero-order valence-corrected chi connectivity index (χ0v) is 15.2. The third-order valence-corrected chi connectivity index (χ3v) is 5.20. The molecule has 0 aliphatic carbocycles. The fraction of sp³-hybridized carbons (Fsp3) is 0.538. The number of fused-ring (bicyclic) bond motifs is 1. The lowest BCUT2D eigenvalue weighted by atomic mass is 10.1. The summed E-state index contributed by atoms with van der Waals surface area (Å²) in [6.45, 7) is 0.785. The van der Waals surface area contributed by atoms with Crippen LogP contribution >= 0.6 is 7.75 Å². The summed E-state index contributed by atoms with van der Waals surface area (Å²) in [7, 11) is -4.93. The number of amides is 1. The summed E-state index contributed by atoms with van der Waals surface area (Å²) in [5.41, 5.74) is 11.9. The van der Waals surface area contributed by atoms with Crippen molar-refractivity contribution >= 4 is 30.6 Å². The zero-order valence-electron chi connectivity index (χ0n) is 14.3. The maximum absolute atomic E-state index is 12.0. The van der Waals surface area contributed by atoms with Crippen LogP contribution in [0.25, 0.3) is 11.2 Å². The van der Waals surface area contributed by atoms with Gasteiger partial charge >= 0.3 is 7.75 Å². The average molecular weight is 401 g/mol. The minimum Gasteiger partial charge on any atom is -0.390 e. The minimum atomic E-state index is -4.93. The Morgan fingerprint density at radius 3 is 2.81 bits per heavy atom. The Kier molecular flexibility index (Phi) is 5.16. The summed E-state index contributed by atoms with van der Waals surface area (Å²) in [6, 6.07) is -1.12. The lowest BCUT2D eigenvalue weighted by Crippen LogP contribution is -2.45. The van der Waals surface area contributed by atoms with Gasteiger partial charge in [0.2, 0.25) is 5.91 Å². The monoisotopic (exact) mass is 401 g/mol.